The Morgan fingerprint density at radius 1 is 1.03 bits per heavy atom. The summed E-state index contributed by atoms with van der Waals surface area (Å²) >= 11 is 0. The molecule has 2 heterocycles. The molecule has 34 heavy (non-hydrogen) atoms. The highest BCUT2D eigenvalue weighted by Gasteiger charge is 2.35. The Labute approximate surface area is 197 Å². The normalized spacial score (nSPS) is 21.5. The minimum absolute atomic E-state index is 0.0787. The van der Waals surface area contributed by atoms with Crippen LogP contribution in [-0.2, 0) is 20.8 Å². The predicted molar refractivity (Wildman–Crippen MR) is 125 cm³/mol. The maximum Gasteiger partial charge on any atom is 0.254 e. The lowest BCUT2D eigenvalue weighted by Gasteiger charge is -2.26. The van der Waals surface area contributed by atoms with Crippen LogP contribution in [0.1, 0.15) is 35.2 Å². The van der Waals surface area contributed by atoms with Gasteiger partial charge in [-0.25, -0.2) is 0 Å². The van der Waals surface area contributed by atoms with Crippen molar-refractivity contribution in [1.82, 2.24) is 15.5 Å². The number of hydrogen-bond acceptors (Lipinski definition) is 5. The van der Waals surface area contributed by atoms with Gasteiger partial charge in [-0.05, 0) is 36.6 Å². The van der Waals surface area contributed by atoms with E-state index in [2.05, 4.69) is 16.0 Å². The molecular formula is C25H28N4O5. The van der Waals surface area contributed by atoms with Gasteiger partial charge in [0.15, 0.2) is 0 Å². The molecule has 0 aliphatic carbocycles. The van der Waals surface area contributed by atoms with Crippen molar-refractivity contribution in [3.05, 3.63) is 59.7 Å². The molecule has 0 unspecified atom stereocenters. The summed E-state index contributed by atoms with van der Waals surface area (Å²) in [5.41, 5.74) is 1.34. The molecule has 4 amide bonds. The fourth-order valence-corrected chi connectivity index (χ4v) is 4.36. The second kappa shape index (κ2) is 10.4. The first-order valence-electron chi connectivity index (χ1n) is 11.4. The van der Waals surface area contributed by atoms with E-state index >= 15 is 0 Å². The molecule has 1 saturated heterocycles. The molecule has 0 aromatic heterocycles. The Hall–Kier alpha value is -3.88. The van der Waals surface area contributed by atoms with Crippen molar-refractivity contribution in [3.63, 3.8) is 0 Å². The summed E-state index contributed by atoms with van der Waals surface area (Å²) in [6.07, 6.45) is 1.60. The van der Waals surface area contributed by atoms with Crippen molar-refractivity contribution in [2.75, 3.05) is 25.5 Å². The van der Waals surface area contributed by atoms with Gasteiger partial charge in [-0.15, -0.1) is 0 Å². The fraction of sp³-hybridized carbons (Fsp3) is 0.360. The zero-order valence-corrected chi connectivity index (χ0v) is 19.0. The maximum absolute atomic E-state index is 13.3. The second-order valence-electron chi connectivity index (χ2n) is 8.40. The molecule has 2 aromatic carbocycles. The molecule has 4 rings (SSSR count). The van der Waals surface area contributed by atoms with Crippen molar-refractivity contribution in [3.8, 4) is 5.75 Å². The predicted octanol–water partition coefficient (Wildman–Crippen LogP) is 1.49. The van der Waals surface area contributed by atoms with Gasteiger partial charge in [-0.1, -0.05) is 30.3 Å². The van der Waals surface area contributed by atoms with Gasteiger partial charge < -0.3 is 25.6 Å². The number of ether oxygens (including phenoxy) is 1. The average molecular weight is 465 g/mol. The van der Waals surface area contributed by atoms with E-state index in [9.17, 15) is 19.2 Å². The first-order chi connectivity index (χ1) is 16.5. The van der Waals surface area contributed by atoms with Crippen LogP contribution in [0.15, 0.2) is 48.5 Å². The Kier molecular flexibility index (Phi) is 7.10. The monoisotopic (exact) mass is 464 g/mol. The number of amides is 4. The van der Waals surface area contributed by atoms with E-state index in [4.69, 9.17) is 4.74 Å². The van der Waals surface area contributed by atoms with Crippen molar-refractivity contribution < 1.29 is 23.9 Å². The number of nitrogens with zero attached hydrogens (tertiary/aromatic N) is 1. The molecule has 2 atom stereocenters. The Balaban J connectivity index is 1.69. The summed E-state index contributed by atoms with van der Waals surface area (Å²) < 4.78 is 5.27. The van der Waals surface area contributed by atoms with E-state index in [-0.39, 0.29) is 42.7 Å². The number of carbonyl (C=O) groups is 4. The summed E-state index contributed by atoms with van der Waals surface area (Å²) in [6, 6.07) is 12.6. The van der Waals surface area contributed by atoms with Crippen LogP contribution < -0.4 is 20.7 Å². The molecule has 9 nitrogen and oxygen atoms in total. The van der Waals surface area contributed by atoms with Gasteiger partial charge in [0.05, 0.1) is 18.4 Å². The zero-order valence-electron chi connectivity index (χ0n) is 19.0. The van der Waals surface area contributed by atoms with Crippen molar-refractivity contribution in [2.45, 2.75) is 37.8 Å². The van der Waals surface area contributed by atoms with Crippen LogP contribution in [-0.4, -0.2) is 60.8 Å². The standard InChI is InChI=1S/C25H28N4O5/c1-34-17-9-10-19-18(15-17)23(31)28-20(14-16-6-3-2-4-7-16)24(32)26-12-11-22(30)29-13-5-8-21(29)25(33)27-19/h2-4,6-7,9-10,15,20-21H,5,8,11-14H2,1H3,(H,26,32)(H,27,33)(H,28,31)/t20-,21-/m1/s1. The Morgan fingerprint density at radius 2 is 1.82 bits per heavy atom. The SMILES string of the molecule is COc1ccc2c(c1)C(=O)N[C@H](Cc1ccccc1)C(=O)NCCC(=O)N1CCC[C@@H]1C(=O)N2. The molecule has 3 N–H and O–H groups in total. The molecule has 2 aliphatic heterocycles. The molecule has 0 bridgehead atoms. The van der Waals surface area contributed by atoms with E-state index in [1.54, 1.807) is 17.0 Å². The molecule has 0 saturated carbocycles. The number of rotatable bonds is 3. The minimum atomic E-state index is -0.873. The largest absolute Gasteiger partial charge is 0.497 e. The number of fused-ring (bicyclic) bond motifs is 2. The zero-order chi connectivity index (χ0) is 24.1. The number of benzene rings is 2. The van der Waals surface area contributed by atoms with Crippen molar-refractivity contribution in [1.29, 1.82) is 0 Å². The Bertz CT molecular complexity index is 1090. The van der Waals surface area contributed by atoms with Gasteiger partial charge in [0.1, 0.15) is 17.8 Å². The first-order valence-corrected chi connectivity index (χ1v) is 11.4. The molecule has 178 valence electrons. The van der Waals surface area contributed by atoms with E-state index in [0.717, 1.165) is 5.56 Å². The third-order valence-electron chi connectivity index (χ3n) is 6.15. The summed E-state index contributed by atoms with van der Waals surface area (Å²) in [7, 11) is 1.48. The summed E-state index contributed by atoms with van der Waals surface area (Å²) in [6.45, 7) is 0.603. The van der Waals surface area contributed by atoms with Gasteiger partial charge in [-0.3, -0.25) is 19.2 Å². The van der Waals surface area contributed by atoms with Crippen molar-refractivity contribution in [2.24, 2.45) is 0 Å². The maximum atomic E-state index is 13.3. The minimum Gasteiger partial charge on any atom is -0.497 e. The number of carbonyl (C=O) groups excluding carboxylic acids is 4. The number of nitrogens with one attached hydrogen (secondary N) is 3. The van der Waals surface area contributed by atoms with Crippen LogP contribution in [0.2, 0.25) is 0 Å². The van der Waals surface area contributed by atoms with Crippen LogP contribution >= 0.6 is 0 Å². The van der Waals surface area contributed by atoms with E-state index in [1.165, 1.54) is 13.2 Å². The van der Waals surface area contributed by atoms with E-state index in [1.807, 2.05) is 30.3 Å². The lowest BCUT2D eigenvalue weighted by Crippen LogP contribution is -2.50. The highest BCUT2D eigenvalue weighted by Crippen LogP contribution is 2.25. The van der Waals surface area contributed by atoms with Crippen LogP contribution in [0.3, 0.4) is 0 Å². The average Bonchev–Trinajstić information content (AvgIpc) is 3.34. The fourth-order valence-electron chi connectivity index (χ4n) is 4.36. The van der Waals surface area contributed by atoms with Crippen LogP contribution in [0.25, 0.3) is 0 Å². The lowest BCUT2D eigenvalue weighted by molar-refractivity contribution is -0.136. The first kappa shape index (κ1) is 23.3. The van der Waals surface area contributed by atoms with Gasteiger partial charge in [0, 0.05) is 25.9 Å². The molecule has 0 radical (unpaired) electrons. The second-order valence-corrected chi connectivity index (χ2v) is 8.40. The molecule has 9 heteroatoms. The summed E-state index contributed by atoms with van der Waals surface area (Å²) in [5, 5.41) is 8.38. The van der Waals surface area contributed by atoms with Gasteiger partial charge >= 0.3 is 0 Å². The lowest BCUT2D eigenvalue weighted by atomic mass is 10.0. The third-order valence-corrected chi connectivity index (χ3v) is 6.15. The van der Waals surface area contributed by atoms with Crippen LogP contribution in [0.4, 0.5) is 5.69 Å². The molecule has 0 spiro atoms. The molecule has 2 aliphatic rings. The summed E-state index contributed by atoms with van der Waals surface area (Å²) in [5.74, 6) is -0.984. The van der Waals surface area contributed by atoms with E-state index in [0.29, 0.717) is 30.8 Å². The van der Waals surface area contributed by atoms with Gasteiger partial charge in [0.2, 0.25) is 17.7 Å². The quantitative estimate of drug-likeness (QED) is 0.636. The number of methoxy groups -OCH3 is 1. The van der Waals surface area contributed by atoms with Crippen molar-refractivity contribution >= 4 is 29.3 Å². The van der Waals surface area contributed by atoms with E-state index < -0.39 is 18.0 Å². The topological polar surface area (TPSA) is 117 Å². The molecular weight excluding hydrogens is 436 g/mol. The third kappa shape index (κ3) is 5.19. The molecule has 2 aromatic rings. The number of anilines is 1. The summed E-state index contributed by atoms with van der Waals surface area (Å²) in [4.78, 5) is 53.7. The highest BCUT2D eigenvalue weighted by molar-refractivity contribution is 6.07. The Morgan fingerprint density at radius 3 is 2.59 bits per heavy atom. The highest BCUT2D eigenvalue weighted by atomic mass is 16.5. The van der Waals surface area contributed by atoms with Crippen LogP contribution in [0.5, 0.6) is 5.75 Å². The smallest absolute Gasteiger partial charge is 0.254 e. The van der Waals surface area contributed by atoms with Crippen LogP contribution in [0, 0.1) is 0 Å². The molecule has 1 fully saturated rings. The van der Waals surface area contributed by atoms with Gasteiger partial charge in [-0.2, -0.15) is 0 Å². The van der Waals surface area contributed by atoms with Gasteiger partial charge in [0.25, 0.3) is 5.91 Å². The number of hydrogen-bond donors (Lipinski definition) is 3.